The largest absolute Gasteiger partial charge is 0.131 e. The highest BCUT2D eigenvalue weighted by Crippen LogP contribution is 2.06. The Morgan fingerprint density at radius 1 is 1.38 bits per heavy atom. The fraction of sp³-hybridized carbons (Fsp3) is 1.00. The smallest absolute Gasteiger partial charge is 0.0455 e. The van der Waals surface area contributed by atoms with Crippen LogP contribution in [0.1, 0.15) is 0 Å². The zero-order valence-corrected chi connectivity index (χ0v) is 9.07. The minimum absolute atomic E-state index is 0.465. The van der Waals surface area contributed by atoms with Crippen LogP contribution in [0.15, 0.2) is 0 Å². The zero-order valence-electron chi connectivity index (χ0n) is 6.16. The second-order valence-electron chi connectivity index (χ2n) is 3.42. The maximum absolute atomic E-state index is 5.73. The van der Waals surface area contributed by atoms with Gasteiger partial charge in [0.1, 0.15) is 0 Å². The molecule has 50 valence electrons. The van der Waals surface area contributed by atoms with E-state index >= 15 is 0 Å². The molecule has 0 radical (unpaired) electrons. The third kappa shape index (κ3) is 2.89. The first kappa shape index (κ1) is 8.72. The molecule has 1 unspecified atom stereocenters. The third-order valence-corrected chi connectivity index (χ3v) is 16.8. The fourth-order valence-corrected chi connectivity index (χ4v) is 6.25. The van der Waals surface area contributed by atoms with E-state index in [1.807, 2.05) is 0 Å². The summed E-state index contributed by atoms with van der Waals surface area (Å²) in [6, 6.07) is 0. The first-order valence-corrected chi connectivity index (χ1v) is 10.9. The Labute approximate surface area is 59.6 Å². The summed E-state index contributed by atoms with van der Waals surface area (Å²) in [6.07, 6.45) is 0. The van der Waals surface area contributed by atoms with E-state index in [1.54, 1.807) is 0 Å². The van der Waals surface area contributed by atoms with Crippen LogP contribution < -0.4 is 0 Å². The van der Waals surface area contributed by atoms with Gasteiger partial charge in [-0.1, -0.05) is 26.2 Å². The van der Waals surface area contributed by atoms with Gasteiger partial charge >= 0.3 is 0 Å². The standard InChI is InChI=1S/C5H15ClSi2/c1-7(5-6)8(2,3)4/h7H,5H2,1-4H3. The zero-order chi connectivity index (χ0) is 6.78. The van der Waals surface area contributed by atoms with Crippen molar-refractivity contribution < 1.29 is 0 Å². The summed E-state index contributed by atoms with van der Waals surface area (Å²) in [5.74, 6) is 0. The van der Waals surface area contributed by atoms with Crippen molar-refractivity contribution in [3.05, 3.63) is 0 Å². The quantitative estimate of drug-likeness (QED) is 0.435. The monoisotopic (exact) mass is 166 g/mol. The Bertz CT molecular complexity index is 67.3. The lowest BCUT2D eigenvalue weighted by Gasteiger charge is -2.20. The lowest BCUT2D eigenvalue weighted by atomic mass is 11.8. The minimum atomic E-state index is -0.754. The first-order valence-electron chi connectivity index (χ1n) is 3.04. The van der Waals surface area contributed by atoms with Gasteiger partial charge < -0.3 is 0 Å². The number of rotatable bonds is 2. The average molecular weight is 167 g/mol. The molecule has 0 heterocycles. The van der Waals surface area contributed by atoms with Gasteiger partial charge in [-0.2, -0.15) is 0 Å². The summed E-state index contributed by atoms with van der Waals surface area (Å²) in [5, 5.41) is 0. The molecule has 1 atom stereocenters. The molecular weight excluding hydrogens is 152 g/mol. The van der Waals surface area contributed by atoms with Crippen LogP contribution in [0.2, 0.25) is 26.2 Å². The number of hydrogen-bond acceptors (Lipinski definition) is 0. The van der Waals surface area contributed by atoms with Gasteiger partial charge in [-0.15, -0.1) is 11.6 Å². The molecule has 0 bridgehead atoms. The topological polar surface area (TPSA) is 0 Å². The van der Waals surface area contributed by atoms with E-state index in [0.717, 1.165) is 5.50 Å². The first-order chi connectivity index (χ1) is 3.48. The van der Waals surface area contributed by atoms with Crippen LogP contribution in [0.4, 0.5) is 0 Å². The van der Waals surface area contributed by atoms with E-state index in [2.05, 4.69) is 26.2 Å². The van der Waals surface area contributed by atoms with E-state index in [9.17, 15) is 0 Å². The van der Waals surface area contributed by atoms with Crippen molar-refractivity contribution in [2.24, 2.45) is 0 Å². The lowest BCUT2D eigenvalue weighted by Crippen LogP contribution is -2.41. The second-order valence-corrected chi connectivity index (χ2v) is 19.3. The number of alkyl halides is 1. The van der Waals surface area contributed by atoms with E-state index in [0.29, 0.717) is 0 Å². The molecule has 8 heavy (non-hydrogen) atoms. The SMILES string of the molecule is C[SiH](CCl)[Si](C)(C)C. The second kappa shape index (κ2) is 3.04. The van der Waals surface area contributed by atoms with Crippen LogP contribution in [0.5, 0.6) is 0 Å². The lowest BCUT2D eigenvalue weighted by molar-refractivity contribution is 1.78. The van der Waals surface area contributed by atoms with E-state index < -0.39 is 15.9 Å². The molecule has 0 spiro atoms. The highest BCUT2D eigenvalue weighted by molar-refractivity contribution is 7.32. The molecule has 0 N–H and O–H groups in total. The predicted octanol–water partition coefficient (Wildman–Crippen LogP) is 2.04. The average Bonchev–Trinajstić information content (AvgIpc) is 1.62. The van der Waals surface area contributed by atoms with Gasteiger partial charge in [0.25, 0.3) is 0 Å². The Hall–Kier alpha value is 0.724. The molecule has 0 fully saturated rings. The molecule has 0 aromatic rings. The minimum Gasteiger partial charge on any atom is -0.131 e. The van der Waals surface area contributed by atoms with Gasteiger partial charge in [0.2, 0.25) is 0 Å². The van der Waals surface area contributed by atoms with Crippen LogP contribution in [0.25, 0.3) is 0 Å². The maximum Gasteiger partial charge on any atom is 0.0455 e. The fourth-order valence-electron chi connectivity index (χ4n) is 0.231. The molecule has 0 aliphatic heterocycles. The molecule has 0 aromatic carbocycles. The Kier molecular flexibility index (Phi) is 3.31. The Balaban J connectivity index is 3.62. The molecule has 0 saturated carbocycles. The van der Waals surface area contributed by atoms with Gasteiger partial charge in [-0.25, -0.2) is 0 Å². The molecule has 0 rings (SSSR count). The molecule has 0 saturated heterocycles. The molecular formula is C5H15ClSi2. The van der Waals surface area contributed by atoms with Crippen molar-refractivity contribution in [3.8, 4) is 0 Å². The summed E-state index contributed by atoms with van der Waals surface area (Å²) in [6.45, 7) is 9.60. The molecule has 0 aliphatic rings. The summed E-state index contributed by atoms with van der Waals surface area (Å²) >= 11 is 5.73. The molecule has 0 amide bonds. The number of hydrogen-bond donors (Lipinski definition) is 0. The van der Waals surface area contributed by atoms with Crippen molar-refractivity contribution in [3.63, 3.8) is 0 Å². The maximum atomic E-state index is 5.73. The predicted molar refractivity (Wildman–Crippen MR) is 47.1 cm³/mol. The van der Waals surface area contributed by atoms with Crippen LogP contribution in [-0.2, 0) is 0 Å². The summed E-state index contributed by atoms with van der Waals surface area (Å²) in [7, 11) is -1.22. The summed E-state index contributed by atoms with van der Waals surface area (Å²) in [4.78, 5) is 0. The Morgan fingerprint density at radius 2 is 1.75 bits per heavy atom. The normalized spacial score (nSPS) is 16.1. The van der Waals surface area contributed by atoms with Gasteiger partial charge in [-0.3, -0.25) is 0 Å². The van der Waals surface area contributed by atoms with Crippen molar-refractivity contribution in [2.45, 2.75) is 26.2 Å². The van der Waals surface area contributed by atoms with Crippen molar-refractivity contribution in [2.75, 3.05) is 5.50 Å². The Morgan fingerprint density at radius 3 is 1.75 bits per heavy atom. The molecule has 0 nitrogen and oxygen atoms in total. The number of halogens is 1. The molecule has 0 aromatic heterocycles. The highest BCUT2D eigenvalue weighted by Gasteiger charge is 2.21. The van der Waals surface area contributed by atoms with Crippen LogP contribution >= 0.6 is 11.6 Å². The third-order valence-electron chi connectivity index (χ3n) is 1.71. The van der Waals surface area contributed by atoms with Gasteiger partial charge in [0, 0.05) is 21.4 Å². The molecule has 3 heteroatoms. The van der Waals surface area contributed by atoms with Crippen molar-refractivity contribution >= 4 is 27.5 Å². The summed E-state index contributed by atoms with van der Waals surface area (Å²) < 4.78 is 0. The van der Waals surface area contributed by atoms with Crippen molar-refractivity contribution in [1.29, 1.82) is 0 Å². The van der Waals surface area contributed by atoms with Gasteiger partial charge in [-0.05, 0) is 0 Å². The van der Waals surface area contributed by atoms with E-state index in [1.165, 1.54) is 0 Å². The van der Waals surface area contributed by atoms with Crippen LogP contribution in [-0.4, -0.2) is 21.4 Å². The highest BCUT2D eigenvalue weighted by atomic mass is 35.5. The van der Waals surface area contributed by atoms with E-state index in [4.69, 9.17) is 11.6 Å². The molecule has 0 aliphatic carbocycles. The van der Waals surface area contributed by atoms with Crippen LogP contribution in [0, 0.1) is 0 Å². The van der Waals surface area contributed by atoms with E-state index in [-0.39, 0.29) is 0 Å². The van der Waals surface area contributed by atoms with Gasteiger partial charge in [0.15, 0.2) is 0 Å². The summed E-state index contributed by atoms with van der Waals surface area (Å²) in [5.41, 5.74) is 0.968. The van der Waals surface area contributed by atoms with Gasteiger partial charge in [0.05, 0.1) is 0 Å². The van der Waals surface area contributed by atoms with Crippen LogP contribution in [0.3, 0.4) is 0 Å². The van der Waals surface area contributed by atoms with Crippen molar-refractivity contribution in [1.82, 2.24) is 0 Å².